The molecule has 0 atom stereocenters. The van der Waals surface area contributed by atoms with Gasteiger partial charge in [-0.15, -0.1) is 0 Å². The summed E-state index contributed by atoms with van der Waals surface area (Å²) < 4.78 is 1.86. The lowest BCUT2D eigenvalue weighted by Gasteiger charge is -2.19. The molecule has 1 aromatic heterocycles. The first-order valence-electron chi connectivity index (χ1n) is 6.75. The Labute approximate surface area is 115 Å². The first kappa shape index (κ1) is 13.8. The van der Waals surface area contributed by atoms with Gasteiger partial charge in [0.15, 0.2) is 0 Å². The van der Waals surface area contributed by atoms with Crippen LogP contribution in [0.25, 0.3) is 11.3 Å². The molecule has 0 unspecified atom stereocenters. The highest BCUT2D eigenvalue weighted by Gasteiger charge is 2.14. The fraction of sp³-hybridized carbons (Fsp3) is 0.438. The van der Waals surface area contributed by atoms with Crippen LogP contribution in [0.2, 0.25) is 0 Å². The van der Waals surface area contributed by atoms with Gasteiger partial charge in [0, 0.05) is 18.8 Å². The lowest BCUT2D eigenvalue weighted by molar-refractivity contribution is 0.590. The highest BCUT2D eigenvalue weighted by Crippen LogP contribution is 2.27. The average molecular weight is 257 g/mol. The number of aryl methyl sites for hydroxylation is 1. The van der Waals surface area contributed by atoms with Gasteiger partial charge in [0.05, 0.1) is 5.69 Å². The minimum atomic E-state index is 0.183. The first-order valence-corrected chi connectivity index (χ1v) is 6.75. The van der Waals surface area contributed by atoms with E-state index in [-0.39, 0.29) is 5.41 Å². The number of nitrogens with zero attached hydrogens (tertiary/aromatic N) is 2. The topological polar surface area (TPSA) is 43.8 Å². The maximum Gasteiger partial charge on any atom is 0.0955 e. The van der Waals surface area contributed by atoms with E-state index in [0.717, 1.165) is 17.7 Å². The highest BCUT2D eigenvalue weighted by atomic mass is 15.2. The Balaban J connectivity index is 2.37. The van der Waals surface area contributed by atoms with Crippen LogP contribution in [0.1, 0.15) is 31.9 Å². The summed E-state index contributed by atoms with van der Waals surface area (Å²) in [7, 11) is 1.95. The fourth-order valence-corrected chi connectivity index (χ4v) is 2.25. The number of rotatable bonds is 3. The van der Waals surface area contributed by atoms with E-state index in [1.165, 1.54) is 11.1 Å². The van der Waals surface area contributed by atoms with E-state index in [9.17, 15) is 0 Å². The molecule has 1 aromatic carbocycles. The molecular formula is C16H23N3. The maximum absolute atomic E-state index is 5.66. The largest absolute Gasteiger partial charge is 0.330 e. The van der Waals surface area contributed by atoms with Gasteiger partial charge < -0.3 is 5.73 Å². The molecule has 0 bridgehead atoms. The molecule has 2 rings (SSSR count). The Bertz CT molecular complexity index is 544. The van der Waals surface area contributed by atoms with Crippen LogP contribution < -0.4 is 5.73 Å². The van der Waals surface area contributed by atoms with E-state index in [0.29, 0.717) is 6.54 Å². The summed E-state index contributed by atoms with van der Waals surface area (Å²) in [6, 6.07) is 8.69. The molecule has 0 radical (unpaired) electrons. The summed E-state index contributed by atoms with van der Waals surface area (Å²) in [5, 5.41) is 4.55. The Morgan fingerprint density at radius 3 is 2.32 bits per heavy atom. The summed E-state index contributed by atoms with van der Waals surface area (Å²) in [6.45, 7) is 7.33. The molecule has 0 saturated heterocycles. The molecule has 2 aromatic rings. The molecule has 0 saturated carbocycles. The van der Waals surface area contributed by atoms with Gasteiger partial charge in [0.25, 0.3) is 0 Å². The van der Waals surface area contributed by atoms with Crippen LogP contribution in [0.15, 0.2) is 30.5 Å². The van der Waals surface area contributed by atoms with Crippen LogP contribution in [-0.2, 0) is 18.9 Å². The highest BCUT2D eigenvalue weighted by molar-refractivity contribution is 5.63. The van der Waals surface area contributed by atoms with Crippen molar-refractivity contribution in [2.24, 2.45) is 12.8 Å². The minimum Gasteiger partial charge on any atom is -0.330 e. The van der Waals surface area contributed by atoms with Crippen molar-refractivity contribution < 1.29 is 0 Å². The van der Waals surface area contributed by atoms with Crippen LogP contribution in [0.3, 0.4) is 0 Å². The molecule has 2 N–H and O–H groups in total. The predicted molar refractivity (Wildman–Crippen MR) is 80.1 cm³/mol. The van der Waals surface area contributed by atoms with Crippen molar-refractivity contribution in [3.05, 3.63) is 41.6 Å². The summed E-state index contributed by atoms with van der Waals surface area (Å²) in [5.41, 5.74) is 10.6. The van der Waals surface area contributed by atoms with E-state index in [4.69, 9.17) is 5.73 Å². The van der Waals surface area contributed by atoms with Crippen molar-refractivity contribution in [2.45, 2.75) is 32.6 Å². The zero-order valence-electron chi connectivity index (χ0n) is 12.3. The predicted octanol–water partition coefficient (Wildman–Crippen LogP) is 2.89. The Morgan fingerprint density at radius 1 is 1.16 bits per heavy atom. The zero-order valence-corrected chi connectivity index (χ0v) is 12.3. The third-order valence-electron chi connectivity index (χ3n) is 3.34. The number of hydrogen-bond acceptors (Lipinski definition) is 2. The average Bonchev–Trinajstić information content (AvgIpc) is 2.70. The first-order chi connectivity index (χ1) is 8.91. The third-order valence-corrected chi connectivity index (χ3v) is 3.34. The van der Waals surface area contributed by atoms with Crippen molar-refractivity contribution in [3.8, 4) is 11.3 Å². The smallest absolute Gasteiger partial charge is 0.0955 e. The summed E-state index contributed by atoms with van der Waals surface area (Å²) in [4.78, 5) is 0. The van der Waals surface area contributed by atoms with Crippen molar-refractivity contribution >= 4 is 0 Å². The molecule has 0 amide bonds. The van der Waals surface area contributed by atoms with E-state index < -0.39 is 0 Å². The van der Waals surface area contributed by atoms with Gasteiger partial charge in [-0.25, -0.2) is 0 Å². The zero-order chi connectivity index (χ0) is 14.0. The van der Waals surface area contributed by atoms with Gasteiger partial charge in [-0.1, -0.05) is 45.0 Å². The molecule has 1 heterocycles. The van der Waals surface area contributed by atoms with Crippen LogP contribution in [0.5, 0.6) is 0 Å². The monoisotopic (exact) mass is 257 g/mol. The van der Waals surface area contributed by atoms with Crippen LogP contribution in [0.4, 0.5) is 0 Å². The van der Waals surface area contributed by atoms with Crippen molar-refractivity contribution in [2.75, 3.05) is 6.54 Å². The molecule has 0 spiro atoms. The third kappa shape index (κ3) is 3.04. The van der Waals surface area contributed by atoms with Crippen LogP contribution >= 0.6 is 0 Å². The van der Waals surface area contributed by atoms with Gasteiger partial charge in [-0.05, 0) is 29.5 Å². The molecule has 0 aliphatic carbocycles. The van der Waals surface area contributed by atoms with E-state index >= 15 is 0 Å². The second-order valence-electron chi connectivity index (χ2n) is 6.04. The second kappa shape index (κ2) is 5.17. The lowest BCUT2D eigenvalue weighted by atomic mass is 9.86. The molecule has 3 heteroatoms. The van der Waals surface area contributed by atoms with E-state index in [2.05, 4.69) is 56.3 Å². The van der Waals surface area contributed by atoms with Crippen LogP contribution in [-0.4, -0.2) is 16.3 Å². The van der Waals surface area contributed by atoms with Crippen molar-refractivity contribution in [1.29, 1.82) is 0 Å². The summed E-state index contributed by atoms with van der Waals surface area (Å²) in [6.07, 6.45) is 2.92. The lowest BCUT2D eigenvalue weighted by Crippen LogP contribution is -2.10. The van der Waals surface area contributed by atoms with Gasteiger partial charge in [-0.2, -0.15) is 5.10 Å². The van der Waals surface area contributed by atoms with E-state index in [1.54, 1.807) is 0 Å². The van der Waals surface area contributed by atoms with E-state index in [1.807, 2.05) is 11.7 Å². The minimum absolute atomic E-state index is 0.183. The second-order valence-corrected chi connectivity index (χ2v) is 6.04. The fourth-order valence-electron chi connectivity index (χ4n) is 2.25. The van der Waals surface area contributed by atoms with Gasteiger partial charge in [-0.3, -0.25) is 4.68 Å². The Kier molecular flexibility index (Phi) is 3.76. The van der Waals surface area contributed by atoms with Crippen LogP contribution in [0, 0.1) is 0 Å². The van der Waals surface area contributed by atoms with Gasteiger partial charge in [0.1, 0.15) is 0 Å². The van der Waals surface area contributed by atoms with Gasteiger partial charge >= 0.3 is 0 Å². The molecule has 19 heavy (non-hydrogen) atoms. The summed E-state index contributed by atoms with van der Waals surface area (Å²) in [5.74, 6) is 0. The number of nitrogens with two attached hydrogens (primary N) is 1. The number of benzene rings is 1. The number of aromatic nitrogens is 2. The Morgan fingerprint density at radius 2 is 1.79 bits per heavy atom. The standard InChI is InChI=1S/C16H23N3/c1-16(2,3)14-7-5-12(6-8-14)15-13(9-10-17)11-19(4)18-15/h5-8,11H,9-10,17H2,1-4H3. The normalized spacial score (nSPS) is 11.8. The molecule has 0 aliphatic heterocycles. The van der Waals surface area contributed by atoms with Crippen molar-refractivity contribution in [1.82, 2.24) is 9.78 Å². The quantitative estimate of drug-likeness (QED) is 0.919. The summed E-state index contributed by atoms with van der Waals surface area (Å²) >= 11 is 0. The molecule has 3 nitrogen and oxygen atoms in total. The SMILES string of the molecule is Cn1cc(CCN)c(-c2ccc(C(C)(C)C)cc2)n1. The Hall–Kier alpha value is -1.61. The molecular weight excluding hydrogens is 234 g/mol. The molecule has 0 aliphatic rings. The molecule has 102 valence electrons. The van der Waals surface area contributed by atoms with Crippen molar-refractivity contribution in [3.63, 3.8) is 0 Å². The molecule has 0 fully saturated rings. The maximum atomic E-state index is 5.66. The number of hydrogen-bond donors (Lipinski definition) is 1. The van der Waals surface area contributed by atoms with Gasteiger partial charge in [0.2, 0.25) is 0 Å².